The molecule has 0 amide bonds. The van der Waals surface area contributed by atoms with E-state index in [1.165, 1.54) is 63.3 Å². The normalized spacial score (nSPS) is 13.2. The van der Waals surface area contributed by atoms with E-state index < -0.39 is 0 Å². The van der Waals surface area contributed by atoms with Crippen molar-refractivity contribution in [3.05, 3.63) is 131 Å². The summed E-state index contributed by atoms with van der Waals surface area (Å²) in [5.74, 6) is 2.13. The largest absolute Gasteiger partial charge is 0.494 e. The van der Waals surface area contributed by atoms with Gasteiger partial charge in [0.15, 0.2) is 0 Å². The number of hydrogen-bond donors (Lipinski definition) is 0. The fraction of sp³-hybridized carbons (Fsp3) is 0.235. The standard InChI is InChI=1S/C34H34OS/c1-4-13-27(14-5-1)33-20-12-16-28-15-8-9-19-32(28)34(33)29-21-23-30(24-22-29)35-25-10-3-11-26-36-31-17-6-2-7-18-31/h1-2,4-9,13-15,17-19,21-24H,3,10-12,16,20,25-26H2. The summed E-state index contributed by atoms with van der Waals surface area (Å²) in [7, 11) is 0. The summed E-state index contributed by atoms with van der Waals surface area (Å²) in [6.45, 7) is 0.774. The zero-order valence-electron chi connectivity index (χ0n) is 20.9. The van der Waals surface area contributed by atoms with Crippen molar-refractivity contribution in [1.29, 1.82) is 0 Å². The molecular formula is C34H34OS. The molecule has 0 atom stereocenters. The Hall–Kier alpha value is -3.23. The van der Waals surface area contributed by atoms with Crippen LogP contribution in [0.4, 0.5) is 0 Å². The molecular weight excluding hydrogens is 456 g/mol. The molecule has 2 heteroatoms. The highest BCUT2D eigenvalue weighted by Gasteiger charge is 2.19. The minimum Gasteiger partial charge on any atom is -0.494 e. The van der Waals surface area contributed by atoms with E-state index in [0.29, 0.717) is 0 Å². The average Bonchev–Trinajstić information content (AvgIpc) is 3.14. The lowest BCUT2D eigenvalue weighted by Crippen LogP contribution is -1.99. The molecule has 5 rings (SSSR count). The lowest BCUT2D eigenvalue weighted by Gasteiger charge is -2.17. The molecule has 0 radical (unpaired) electrons. The van der Waals surface area contributed by atoms with E-state index in [2.05, 4.69) is 109 Å². The molecule has 182 valence electrons. The Balaban J connectivity index is 1.23. The van der Waals surface area contributed by atoms with Crippen molar-refractivity contribution in [2.45, 2.75) is 43.4 Å². The second kappa shape index (κ2) is 12.6. The Morgan fingerprint density at radius 1 is 0.611 bits per heavy atom. The van der Waals surface area contributed by atoms with Crippen LogP contribution in [0.5, 0.6) is 5.75 Å². The Kier molecular flexibility index (Phi) is 8.59. The van der Waals surface area contributed by atoms with E-state index in [1.807, 2.05) is 11.8 Å². The van der Waals surface area contributed by atoms with E-state index in [1.54, 1.807) is 0 Å². The van der Waals surface area contributed by atoms with Crippen LogP contribution in [0.15, 0.2) is 114 Å². The predicted octanol–water partition coefficient (Wildman–Crippen LogP) is 9.32. The number of hydrogen-bond acceptors (Lipinski definition) is 2. The van der Waals surface area contributed by atoms with Crippen LogP contribution < -0.4 is 4.74 Å². The third-order valence-corrected chi connectivity index (χ3v) is 7.89. The summed E-state index contributed by atoms with van der Waals surface area (Å²) in [6, 6.07) is 39.2. The first-order chi connectivity index (χ1) is 17.9. The van der Waals surface area contributed by atoms with Gasteiger partial charge in [0, 0.05) is 4.90 Å². The quantitative estimate of drug-likeness (QED) is 0.162. The second-order valence-electron chi connectivity index (χ2n) is 9.33. The molecule has 1 aliphatic carbocycles. The van der Waals surface area contributed by atoms with Gasteiger partial charge in [-0.2, -0.15) is 0 Å². The number of thioether (sulfide) groups is 1. The van der Waals surface area contributed by atoms with Crippen molar-refractivity contribution in [2.24, 2.45) is 0 Å². The molecule has 0 aliphatic heterocycles. The summed E-state index contributed by atoms with van der Waals surface area (Å²) >= 11 is 1.94. The smallest absolute Gasteiger partial charge is 0.119 e. The van der Waals surface area contributed by atoms with Crippen LogP contribution in [-0.4, -0.2) is 12.4 Å². The highest BCUT2D eigenvalue weighted by molar-refractivity contribution is 7.99. The molecule has 4 aromatic rings. The number of ether oxygens (including phenoxy) is 1. The van der Waals surface area contributed by atoms with E-state index >= 15 is 0 Å². The molecule has 1 nitrogen and oxygen atoms in total. The van der Waals surface area contributed by atoms with Crippen LogP contribution in [0.25, 0.3) is 11.1 Å². The molecule has 0 spiro atoms. The van der Waals surface area contributed by atoms with Crippen molar-refractivity contribution in [1.82, 2.24) is 0 Å². The number of fused-ring (bicyclic) bond motifs is 1. The van der Waals surface area contributed by atoms with Crippen LogP contribution in [0.3, 0.4) is 0 Å². The van der Waals surface area contributed by atoms with Crippen LogP contribution in [0, 0.1) is 0 Å². The van der Waals surface area contributed by atoms with Gasteiger partial charge in [-0.05, 0) is 102 Å². The minimum atomic E-state index is 0.774. The maximum Gasteiger partial charge on any atom is 0.119 e. The van der Waals surface area contributed by atoms with Gasteiger partial charge in [-0.3, -0.25) is 0 Å². The number of allylic oxidation sites excluding steroid dienone is 1. The molecule has 0 heterocycles. The molecule has 0 N–H and O–H groups in total. The molecule has 0 fully saturated rings. The number of aryl methyl sites for hydroxylation is 1. The first-order valence-electron chi connectivity index (χ1n) is 13.2. The first kappa shape index (κ1) is 24.5. The molecule has 0 aromatic heterocycles. The van der Waals surface area contributed by atoms with Crippen molar-refractivity contribution < 1.29 is 4.74 Å². The topological polar surface area (TPSA) is 9.23 Å². The lowest BCUT2D eigenvalue weighted by molar-refractivity contribution is 0.306. The Bertz CT molecular complexity index is 1260. The Labute approximate surface area is 220 Å². The summed E-state index contributed by atoms with van der Waals surface area (Å²) < 4.78 is 6.10. The number of benzene rings is 4. The van der Waals surface area contributed by atoms with Gasteiger partial charge in [0.2, 0.25) is 0 Å². The summed E-state index contributed by atoms with van der Waals surface area (Å²) in [4.78, 5) is 1.36. The van der Waals surface area contributed by atoms with Gasteiger partial charge < -0.3 is 4.74 Å². The van der Waals surface area contributed by atoms with Gasteiger partial charge >= 0.3 is 0 Å². The lowest BCUT2D eigenvalue weighted by atomic mass is 9.88. The minimum absolute atomic E-state index is 0.774. The molecule has 1 aliphatic rings. The van der Waals surface area contributed by atoms with Crippen molar-refractivity contribution in [3.8, 4) is 5.75 Å². The molecule has 36 heavy (non-hydrogen) atoms. The van der Waals surface area contributed by atoms with Gasteiger partial charge in [-0.25, -0.2) is 0 Å². The van der Waals surface area contributed by atoms with E-state index in [9.17, 15) is 0 Å². The SMILES string of the molecule is c1ccc(SCCCCCOc2ccc(C3=C(c4ccccc4)CCCc4ccccc43)cc2)cc1. The van der Waals surface area contributed by atoms with Gasteiger partial charge in [-0.15, -0.1) is 11.8 Å². The second-order valence-corrected chi connectivity index (χ2v) is 10.5. The van der Waals surface area contributed by atoms with E-state index in [4.69, 9.17) is 4.74 Å². The van der Waals surface area contributed by atoms with Crippen LogP contribution in [0.2, 0.25) is 0 Å². The van der Waals surface area contributed by atoms with Crippen molar-refractivity contribution in [3.63, 3.8) is 0 Å². The fourth-order valence-corrected chi connectivity index (χ4v) is 5.91. The van der Waals surface area contributed by atoms with Crippen LogP contribution >= 0.6 is 11.8 Å². The van der Waals surface area contributed by atoms with Gasteiger partial charge in [0.05, 0.1) is 6.61 Å². The highest BCUT2D eigenvalue weighted by Crippen LogP contribution is 2.40. The predicted molar refractivity (Wildman–Crippen MR) is 155 cm³/mol. The first-order valence-corrected chi connectivity index (χ1v) is 14.1. The summed E-state index contributed by atoms with van der Waals surface area (Å²) in [5, 5.41) is 0. The monoisotopic (exact) mass is 490 g/mol. The van der Waals surface area contributed by atoms with E-state index in [-0.39, 0.29) is 0 Å². The van der Waals surface area contributed by atoms with Gasteiger partial charge in [0.25, 0.3) is 0 Å². The molecule has 0 bridgehead atoms. The molecule has 0 saturated carbocycles. The van der Waals surface area contributed by atoms with E-state index in [0.717, 1.165) is 31.6 Å². The fourth-order valence-electron chi connectivity index (χ4n) is 4.98. The zero-order chi connectivity index (χ0) is 24.4. The van der Waals surface area contributed by atoms with Gasteiger partial charge in [-0.1, -0.05) is 84.9 Å². The molecule has 0 unspecified atom stereocenters. The van der Waals surface area contributed by atoms with Gasteiger partial charge in [0.1, 0.15) is 5.75 Å². The van der Waals surface area contributed by atoms with Crippen molar-refractivity contribution >= 4 is 22.9 Å². The third-order valence-electron chi connectivity index (χ3n) is 6.80. The molecule has 4 aromatic carbocycles. The number of rotatable bonds is 10. The third kappa shape index (κ3) is 6.30. The van der Waals surface area contributed by atoms with Crippen LogP contribution in [0.1, 0.15) is 54.4 Å². The maximum atomic E-state index is 6.10. The van der Waals surface area contributed by atoms with Crippen LogP contribution in [-0.2, 0) is 6.42 Å². The average molecular weight is 491 g/mol. The summed E-state index contributed by atoms with van der Waals surface area (Å²) in [6.07, 6.45) is 6.90. The maximum absolute atomic E-state index is 6.10. The zero-order valence-corrected chi connectivity index (χ0v) is 21.7. The van der Waals surface area contributed by atoms with Crippen molar-refractivity contribution in [2.75, 3.05) is 12.4 Å². The highest BCUT2D eigenvalue weighted by atomic mass is 32.2. The molecule has 0 saturated heterocycles. The Morgan fingerprint density at radius 2 is 1.33 bits per heavy atom. The number of unbranched alkanes of at least 4 members (excludes halogenated alkanes) is 2. The Morgan fingerprint density at radius 3 is 2.14 bits per heavy atom. The summed E-state index contributed by atoms with van der Waals surface area (Å²) in [5.41, 5.74) is 8.24.